The summed E-state index contributed by atoms with van der Waals surface area (Å²) in [5.74, 6) is 0.330. The first-order chi connectivity index (χ1) is 8.38. The minimum atomic E-state index is -3.47. The summed E-state index contributed by atoms with van der Waals surface area (Å²) in [6.45, 7) is 3.76. The van der Waals surface area contributed by atoms with Crippen LogP contribution in [0.2, 0.25) is 0 Å². The average Bonchev–Trinajstić information content (AvgIpc) is 2.23. The first-order valence-corrected chi connectivity index (χ1v) is 8.08. The molecule has 18 heavy (non-hydrogen) atoms. The fourth-order valence-corrected chi connectivity index (χ4v) is 4.41. The molecule has 1 N–H and O–H groups in total. The van der Waals surface area contributed by atoms with E-state index in [4.69, 9.17) is 11.6 Å². The van der Waals surface area contributed by atoms with Crippen LogP contribution in [0, 0.1) is 13.8 Å². The van der Waals surface area contributed by atoms with Crippen molar-refractivity contribution in [1.82, 2.24) is 4.72 Å². The molecule has 3 nitrogen and oxygen atoms in total. The van der Waals surface area contributed by atoms with Crippen LogP contribution in [0.4, 0.5) is 0 Å². The Morgan fingerprint density at radius 2 is 2.00 bits per heavy atom. The molecule has 0 saturated heterocycles. The molecule has 1 aromatic carbocycles. The summed E-state index contributed by atoms with van der Waals surface area (Å²) < 4.78 is 27.5. The van der Waals surface area contributed by atoms with Crippen molar-refractivity contribution in [3.63, 3.8) is 0 Å². The Labute approximate surface area is 114 Å². The summed E-state index contributed by atoms with van der Waals surface area (Å²) >= 11 is 5.89. The maximum absolute atomic E-state index is 12.4. The van der Waals surface area contributed by atoms with Gasteiger partial charge >= 0.3 is 0 Å². The van der Waals surface area contributed by atoms with Crippen LogP contribution < -0.4 is 4.72 Å². The van der Waals surface area contributed by atoms with Gasteiger partial charge in [0.25, 0.3) is 0 Å². The van der Waals surface area contributed by atoms with Crippen LogP contribution in [-0.2, 0) is 10.0 Å². The number of nitrogens with one attached hydrogen (secondary N) is 1. The molecule has 100 valence electrons. The number of halogens is 1. The lowest BCUT2D eigenvalue weighted by Gasteiger charge is -2.40. The first-order valence-electron chi connectivity index (χ1n) is 6.06. The lowest BCUT2D eigenvalue weighted by molar-refractivity contribution is 0.252. The van der Waals surface area contributed by atoms with Crippen molar-refractivity contribution in [2.75, 3.05) is 5.88 Å². The van der Waals surface area contributed by atoms with Crippen LogP contribution in [0.15, 0.2) is 23.1 Å². The third-order valence-electron chi connectivity index (χ3n) is 3.54. The molecule has 0 heterocycles. The van der Waals surface area contributed by atoms with Gasteiger partial charge in [-0.15, -0.1) is 11.6 Å². The van der Waals surface area contributed by atoms with Crippen LogP contribution >= 0.6 is 11.6 Å². The molecule has 2 rings (SSSR count). The van der Waals surface area contributed by atoms with Crippen LogP contribution in [0.25, 0.3) is 0 Å². The van der Waals surface area contributed by atoms with Crippen LogP contribution in [0.3, 0.4) is 0 Å². The number of aryl methyl sites for hydroxylation is 2. The smallest absolute Gasteiger partial charge is 0.207 e. The van der Waals surface area contributed by atoms with E-state index in [0.717, 1.165) is 30.4 Å². The van der Waals surface area contributed by atoms with E-state index in [1.54, 1.807) is 6.07 Å². The summed E-state index contributed by atoms with van der Waals surface area (Å²) in [5, 5.41) is 0. The Kier molecular flexibility index (Phi) is 3.72. The fourth-order valence-electron chi connectivity index (χ4n) is 2.31. The summed E-state index contributed by atoms with van der Waals surface area (Å²) in [4.78, 5) is 0.351. The minimum absolute atomic E-state index is 0.330. The Morgan fingerprint density at radius 3 is 2.44 bits per heavy atom. The van der Waals surface area contributed by atoms with Gasteiger partial charge in [0.1, 0.15) is 0 Å². The maximum atomic E-state index is 12.4. The molecule has 1 aliphatic carbocycles. The number of alkyl halides is 1. The lowest BCUT2D eigenvalue weighted by Crippen LogP contribution is -2.54. The third-order valence-corrected chi connectivity index (χ3v) is 5.79. The first kappa shape index (κ1) is 13.8. The van der Waals surface area contributed by atoms with Gasteiger partial charge in [-0.3, -0.25) is 0 Å². The van der Waals surface area contributed by atoms with Crippen LogP contribution in [-0.4, -0.2) is 19.8 Å². The molecule has 0 aromatic heterocycles. The second kappa shape index (κ2) is 4.83. The molecule has 0 amide bonds. The van der Waals surface area contributed by atoms with Crippen molar-refractivity contribution in [2.45, 2.75) is 43.5 Å². The summed E-state index contributed by atoms with van der Waals surface area (Å²) in [6, 6.07) is 5.35. The topological polar surface area (TPSA) is 46.2 Å². The zero-order valence-electron chi connectivity index (χ0n) is 10.7. The predicted molar refractivity (Wildman–Crippen MR) is 73.5 cm³/mol. The number of sulfonamides is 1. The molecule has 1 saturated carbocycles. The highest BCUT2D eigenvalue weighted by Crippen LogP contribution is 2.34. The second-order valence-corrected chi connectivity index (χ2v) is 7.06. The average molecular weight is 288 g/mol. The van der Waals surface area contributed by atoms with Gasteiger partial charge < -0.3 is 0 Å². The Morgan fingerprint density at radius 1 is 1.33 bits per heavy atom. The van der Waals surface area contributed by atoms with Crippen molar-refractivity contribution in [1.29, 1.82) is 0 Å². The van der Waals surface area contributed by atoms with Crippen molar-refractivity contribution in [2.24, 2.45) is 0 Å². The zero-order chi connectivity index (χ0) is 13.4. The van der Waals surface area contributed by atoms with Crippen molar-refractivity contribution < 1.29 is 8.42 Å². The van der Waals surface area contributed by atoms with E-state index < -0.39 is 15.6 Å². The monoisotopic (exact) mass is 287 g/mol. The molecule has 5 heteroatoms. The molecule has 1 fully saturated rings. The van der Waals surface area contributed by atoms with Gasteiger partial charge in [-0.25, -0.2) is 13.1 Å². The van der Waals surface area contributed by atoms with E-state index in [0.29, 0.717) is 10.8 Å². The van der Waals surface area contributed by atoms with Crippen molar-refractivity contribution >= 4 is 21.6 Å². The fraction of sp³-hybridized carbons (Fsp3) is 0.538. The molecular weight excluding hydrogens is 270 g/mol. The van der Waals surface area contributed by atoms with Gasteiger partial charge in [0.15, 0.2) is 0 Å². The molecule has 0 spiro atoms. The quantitative estimate of drug-likeness (QED) is 0.866. The van der Waals surface area contributed by atoms with Gasteiger partial charge in [-0.05, 0) is 44.7 Å². The van der Waals surface area contributed by atoms with E-state index in [9.17, 15) is 8.42 Å². The van der Waals surface area contributed by atoms with E-state index >= 15 is 0 Å². The Balaban J connectivity index is 2.31. The SMILES string of the molecule is Cc1ccc(S(=O)(=O)NC2(CCl)CCC2)c(C)c1. The van der Waals surface area contributed by atoms with Gasteiger partial charge in [0, 0.05) is 11.4 Å². The summed E-state index contributed by atoms with van der Waals surface area (Å²) in [5.41, 5.74) is 1.39. The minimum Gasteiger partial charge on any atom is -0.207 e. The molecule has 0 bridgehead atoms. The summed E-state index contributed by atoms with van der Waals surface area (Å²) in [6.07, 6.45) is 2.67. The van der Waals surface area contributed by atoms with Gasteiger partial charge in [0.05, 0.1) is 4.90 Å². The van der Waals surface area contributed by atoms with Gasteiger partial charge in [0.2, 0.25) is 10.0 Å². The Bertz CT molecular complexity index is 545. The van der Waals surface area contributed by atoms with Crippen LogP contribution in [0.1, 0.15) is 30.4 Å². The molecule has 0 unspecified atom stereocenters. The standard InChI is InChI=1S/C13H18ClNO2S/c1-10-4-5-12(11(2)8-10)18(16,17)15-13(9-14)6-3-7-13/h4-5,8,15H,3,6-7,9H2,1-2H3. The van der Waals surface area contributed by atoms with Gasteiger partial charge in [-0.2, -0.15) is 0 Å². The lowest BCUT2D eigenvalue weighted by atomic mass is 9.79. The highest BCUT2D eigenvalue weighted by atomic mass is 35.5. The summed E-state index contributed by atoms with van der Waals surface area (Å²) in [7, 11) is -3.47. The number of benzene rings is 1. The zero-order valence-corrected chi connectivity index (χ0v) is 12.2. The van der Waals surface area contributed by atoms with E-state index in [1.165, 1.54) is 0 Å². The Hall–Kier alpha value is -0.580. The molecule has 1 aromatic rings. The van der Waals surface area contributed by atoms with Gasteiger partial charge in [-0.1, -0.05) is 17.7 Å². The highest BCUT2D eigenvalue weighted by Gasteiger charge is 2.40. The van der Waals surface area contributed by atoms with E-state index in [1.807, 2.05) is 26.0 Å². The largest absolute Gasteiger partial charge is 0.241 e. The van der Waals surface area contributed by atoms with E-state index in [2.05, 4.69) is 4.72 Å². The normalized spacial score (nSPS) is 18.4. The van der Waals surface area contributed by atoms with E-state index in [-0.39, 0.29) is 0 Å². The highest BCUT2D eigenvalue weighted by molar-refractivity contribution is 7.89. The maximum Gasteiger partial charge on any atom is 0.241 e. The number of hydrogen-bond donors (Lipinski definition) is 1. The molecule has 0 atom stereocenters. The van der Waals surface area contributed by atoms with Crippen molar-refractivity contribution in [3.8, 4) is 0 Å². The predicted octanol–water partition coefficient (Wildman–Crippen LogP) is 2.74. The third kappa shape index (κ3) is 2.56. The van der Waals surface area contributed by atoms with Crippen molar-refractivity contribution in [3.05, 3.63) is 29.3 Å². The molecule has 0 aliphatic heterocycles. The molecule has 1 aliphatic rings. The molecular formula is C13H18ClNO2S. The number of rotatable bonds is 4. The molecule has 0 radical (unpaired) electrons. The second-order valence-electron chi connectivity index (χ2n) is 5.14. The van der Waals surface area contributed by atoms with Crippen LogP contribution in [0.5, 0.6) is 0 Å². The number of hydrogen-bond acceptors (Lipinski definition) is 2.